The van der Waals surface area contributed by atoms with Crippen molar-refractivity contribution in [2.45, 2.75) is 45.4 Å². The zero-order valence-electron chi connectivity index (χ0n) is 13.5. The first-order valence-corrected chi connectivity index (χ1v) is 8.05. The van der Waals surface area contributed by atoms with E-state index in [0.29, 0.717) is 24.3 Å². The van der Waals surface area contributed by atoms with Crippen LogP contribution in [0.15, 0.2) is 30.1 Å². The van der Waals surface area contributed by atoms with Crippen LogP contribution in [-0.2, 0) is 11.3 Å². The minimum atomic E-state index is -4.38. The minimum Gasteiger partial charge on any atom is -0.367 e. The number of benzene rings is 1. The summed E-state index contributed by atoms with van der Waals surface area (Å²) in [6, 6.07) is 5.63. The summed E-state index contributed by atoms with van der Waals surface area (Å²) in [7, 11) is 0. The average Bonchev–Trinajstić information content (AvgIpc) is 2.54. The van der Waals surface area contributed by atoms with Crippen LogP contribution >= 0.6 is 0 Å². The minimum absolute atomic E-state index is 0.102. The third-order valence-corrected chi connectivity index (χ3v) is 4.33. The van der Waals surface area contributed by atoms with Crippen LogP contribution in [0.2, 0.25) is 0 Å². The number of halogens is 5. The molecule has 1 fully saturated rings. The lowest BCUT2D eigenvalue weighted by molar-refractivity contribution is -0.176. The molecule has 134 valence electrons. The predicted octanol–water partition coefficient (Wildman–Crippen LogP) is 6.20. The molecule has 0 aromatic heterocycles. The quantitative estimate of drug-likeness (QED) is 0.576. The van der Waals surface area contributed by atoms with E-state index < -0.39 is 24.4 Å². The molecule has 24 heavy (non-hydrogen) atoms. The zero-order chi connectivity index (χ0) is 17.7. The molecule has 0 spiro atoms. The second kappa shape index (κ2) is 8.10. The van der Waals surface area contributed by atoms with E-state index in [1.54, 1.807) is 0 Å². The molecule has 0 amide bonds. The first kappa shape index (κ1) is 18.9. The van der Waals surface area contributed by atoms with Crippen LogP contribution < -0.4 is 0 Å². The second-order valence-corrected chi connectivity index (χ2v) is 6.42. The van der Waals surface area contributed by atoms with Gasteiger partial charge < -0.3 is 4.74 Å². The largest absolute Gasteiger partial charge is 0.411 e. The topological polar surface area (TPSA) is 9.23 Å². The van der Waals surface area contributed by atoms with Gasteiger partial charge in [0.1, 0.15) is 12.4 Å². The van der Waals surface area contributed by atoms with Crippen molar-refractivity contribution >= 4 is 5.83 Å². The Hall–Kier alpha value is -1.43. The molecule has 0 bridgehead atoms. The van der Waals surface area contributed by atoms with Crippen molar-refractivity contribution in [1.29, 1.82) is 0 Å². The van der Waals surface area contributed by atoms with Gasteiger partial charge in [-0.3, -0.25) is 0 Å². The molecule has 0 unspecified atom stereocenters. The van der Waals surface area contributed by atoms with Crippen molar-refractivity contribution < 1.29 is 26.7 Å². The molecule has 1 aromatic rings. The molecule has 1 nitrogen and oxygen atoms in total. The monoisotopic (exact) mass is 348 g/mol. The molecule has 0 radical (unpaired) electrons. The summed E-state index contributed by atoms with van der Waals surface area (Å²) < 4.78 is 69.1. The van der Waals surface area contributed by atoms with E-state index >= 15 is 0 Å². The fourth-order valence-electron chi connectivity index (χ4n) is 2.86. The van der Waals surface area contributed by atoms with Gasteiger partial charge in [0, 0.05) is 11.5 Å². The van der Waals surface area contributed by atoms with Crippen molar-refractivity contribution in [3.8, 4) is 0 Å². The maximum atomic E-state index is 14.3. The van der Waals surface area contributed by atoms with Crippen LogP contribution in [0, 0.1) is 11.8 Å². The van der Waals surface area contributed by atoms with Gasteiger partial charge in [-0.15, -0.1) is 0 Å². The number of allylic oxidation sites excluding steroid dienone is 1. The van der Waals surface area contributed by atoms with E-state index in [1.807, 2.05) is 0 Å². The Labute approximate surface area is 138 Å². The predicted molar refractivity (Wildman–Crippen MR) is 82.4 cm³/mol. The SMILES string of the molecule is CC1CCC(/C(F)=C(\F)c2ccc(COCC(F)(F)F)cc2)CC1. The molecule has 0 aliphatic heterocycles. The molecule has 2 rings (SSSR count). The molecule has 1 aliphatic carbocycles. The highest BCUT2D eigenvalue weighted by atomic mass is 19.4. The van der Waals surface area contributed by atoms with Crippen molar-refractivity contribution in [1.82, 2.24) is 0 Å². The molecular formula is C18H21F5O. The number of rotatable bonds is 5. The van der Waals surface area contributed by atoms with Gasteiger partial charge in [0.2, 0.25) is 0 Å². The molecule has 1 aliphatic rings. The Bertz CT molecular complexity index is 554. The smallest absolute Gasteiger partial charge is 0.367 e. The highest BCUT2D eigenvalue weighted by Crippen LogP contribution is 2.37. The lowest BCUT2D eigenvalue weighted by Gasteiger charge is -2.25. The van der Waals surface area contributed by atoms with E-state index in [-0.39, 0.29) is 18.1 Å². The van der Waals surface area contributed by atoms with Gasteiger partial charge in [-0.05, 0) is 24.3 Å². The molecule has 1 aromatic carbocycles. The third-order valence-electron chi connectivity index (χ3n) is 4.33. The molecule has 1 saturated carbocycles. The summed E-state index contributed by atoms with van der Waals surface area (Å²) in [4.78, 5) is 0. The van der Waals surface area contributed by atoms with Crippen molar-refractivity contribution in [3.05, 3.63) is 41.2 Å². The standard InChI is InChI=1S/C18H21F5O/c1-12-2-6-14(7-3-12)16(19)17(20)15-8-4-13(5-9-15)10-24-11-18(21,22)23/h4-5,8-9,12,14H,2-3,6-7,10-11H2,1H3/b17-16+. The summed E-state index contributed by atoms with van der Waals surface area (Å²) in [5.41, 5.74) is 0.577. The normalized spacial score (nSPS) is 23.1. The van der Waals surface area contributed by atoms with E-state index in [4.69, 9.17) is 0 Å². The highest BCUT2D eigenvalue weighted by Gasteiger charge is 2.27. The number of hydrogen-bond acceptors (Lipinski definition) is 1. The summed E-state index contributed by atoms with van der Waals surface area (Å²) in [6.07, 6.45) is -1.31. The maximum Gasteiger partial charge on any atom is 0.411 e. The summed E-state index contributed by atoms with van der Waals surface area (Å²) in [5, 5.41) is 0. The van der Waals surface area contributed by atoms with Crippen LogP contribution in [0.4, 0.5) is 22.0 Å². The van der Waals surface area contributed by atoms with Gasteiger partial charge in [-0.1, -0.05) is 44.0 Å². The summed E-state index contributed by atoms with van der Waals surface area (Å²) in [5.74, 6) is -1.43. The van der Waals surface area contributed by atoms with Crippen molar-refractivity contribution in [2.24, 2.45) is 11.8 Å². The molecule has 6 heteroatoms. The van der Waals surface area contributed by atoms with Crippen LogP contribution in [0.5, 0.6) is 0 Å². The Morgan fingerprint density at radius 3 is 2.17 bits per heavy atom. The molecule has 0 N–H and O–H groups in total. The van der Waals surface area contributed by atoms with E-state index in [1.165, 1.54) is 24.3 Å². The van der Waals surface area contributed by atoms with Gasteiger partial charge in [0.15, 0.2) is 5.83 Å². The second-order valence-electron chi connectivity index (χ2n) is 6.42. The number of alkyl halides is 3. The van der Waals surface area contributed by atoms with Gasteiger partial charge >= 0.3 is 6.18 Å². The Kier molecular flexibility index (Phi) is 6.38. The zero-order valence-corrected chi connectivity index (χ0v) is 13.5. The fraction of sp³-hybridized carbons (Fsp3) is 0.556. The Morgan fingerprint density at radius 2 is 1.62 bits per heavy atom. The maximum absolute atomic E-state index is 14.3. The van der Waals surface area contributed by atoms with Gasteiger partial charge in [-0.2, -0.15) is 13.2 Å². The Balaban J connectivity index is 1.97. The van der Waals surface area contributed by atoms with Crippen LogP contribution in [0.1, 0.15) is 43.7 Å². The van der Waals surface area contributed by atoms with Crippen LogP contribution in [0.25, 0.3) is 5.83 Å². The Morgan fingerprint density at radius 1 is 1.04 bits per heavy atom. The highest BCUT2D eigenvalue weighted by molar-refractivity contribution is 5.61. The number of hydrogen-bond donors (Lipinski definition) is 0. The fourth-order valence-corrected chi connectivity index (χ4v) is 2.86. The van der Waals surface area contributed by atoms with E-state index in [2.05, 4.69) is 11.7 Å². The third kappa shape index (κ3) is 5.58. The first-order chi connectivity index (χ1) is 11.3. The van der Waals surface area contributed by atoms with E-state index in [0.717, 1.165) is 12.8 Å². The molecule has 0 atom stereocenters. The van der Waals surface area contributed by atoms with E-state index in [9.17, 15) is 22.0 Å². The summed E-state index contributed by atoms with van der Waals surface area (Å²) >= 11 is 0. The average molecular weight is 348 g/mol. The molecule has 0 saturated heterocycles. The lowest BCUT2D eigenvalue weighted by Crippen LogP contribution is -2.16. The first-order valence-electron chi connectivity index (χ1n) is 8.05. The van der Waals surface area contributed by atoms with Gasteiger partial charge in [-0.25, -0.2) is 8.78 Å². The van der Waals surface area contributed by atoms with Crippen molar-refractivity contribution in [3.63, 3.8) is 0 Å². The molecular weight excluding hydrogens is 327 g/mol. The van der Waals surface area contributed by atoms with Crippen LogP contribution in [0.3, 0.4) is 0 Å². The van der Waals surface area contributed by atoms with Crippen LogP contribution in [-0.4, -0.2) is 12.8 Å². The van der Waals surface area contributed by atoms with Gasteiger partial charge in [0.25, 0.3) is 0 Å². The lowest BCUT2D eigenvalue weighted by atomic mass is 9.82. The molecule has 0 heterocycles. The van der Waals surface area contributed by atoms with Crippen molar-refractivity contribution in [2.75, 3.05) is 6.61 Å². The summed E-state index contributed by atoms with van der Waals surface area (Å²) in [6.45, 7) is 0.541. The van der Waals surface area contributed by atoms with Gasteiger partial charge in [0.05, 0.1) is 6.61 Å². The number of ether oxygens (including phenoxy) is 1.